The van der Waals surface area contributed by atoms with E-state index < -0.39 is 0 Å². The molecule has 0 aromatic carbocycles. The predicted molar refractivity (Wildman–Crippen MR) is 52.8 cm³/mol. The van der Waals surface area contributed by atoms with E-state index in [1.165, 1.54) is 0 Å². The Labute approximate surface area is 81.5 Å². The van der Waals surface area contributed by atoms with Crippen LogP contribution in [0.5, 0.6) is 0 Å². The van der Waals surface area contributed by atoms with E-state index in [4.69, 9.17) is 10.5 Å². The molecule has 5 heteroatoms. The van der Waals surface area contributed by atoms with Gasteiger partial charge in [0.25, 0.3) is 0 Å². The molecule has 0 atom stereocenters. The molecule has 5 nitrogen and oxygen atoms in total. The van der Waals surface area contributed by atoms with E-state index in [1.54, 1.807) is 7.11 Å². The number of hydrogen-bond acceptors (Lipinski definition) is 4. The molecule has 0 amide bonds. The number of nitrogens with zero attached hydrogens (tertiary/aromatic N) is 3. The molecule has 0 aliphatic carbocycles. The fraction of sp³-hybridized carbons (Fsp3) is 0.333. The number of ether oxygens (including phenoxy) is 1. The zero-order valence-electron chi connectivity index (χ0n) is 8.19. The first kappa shape index (κ1) is 8.96. The SMILES string of the molecule is COCc1nnc2c(N)cc(C)cn12. The van der Waals surface area contributed by atoms with Gasteiger partial charge >= 0.3 is 0 Å². The summed E-state index contributed by atoms with van der Waals surface area (Å²) in [5.74, 6) is 0.762. The summed E-state index contributed by atoms with van der Waals surface area (Å²) < 4.78 is 6.87. The lowest BCUT2D eigenvalue weighted by atomic mass is 10.3. The van der Waals surface area contributed by atoms with Gasteiger partial charge in [0.05, 0.1) is 5.69 Å². The Morgan fingerprint density at radius 1 is 1.50 bits per heavy atom. The Balaban J connectivity index is 2.66. The van der Waals surface area contributed by atoms with E-state index >= 15 is 0 Å². The van der Waals surface area contributed by atoms with Crippen LogP contribution in [0.25, 0.3) is 5.65 Å². The van der Waals surface area contributed by atoms with Crippen LogP contribution >= 0.6 is 0 Å². The standard InChI is InChI=1S/C9H12N4O/c1-6-3-7(10)9-12-11-8(5-14-2)13(9)4-6/h3-4H,5,10H2,1-2H3. The Hall–Kier alpha value is -1.62. The highest BCUT2D eigenvalue weighted by Crippen LogP contribution is 2.14. The molecule has 0 bridgehead atoms. The van der Waals surface area contributed by atoms with Gasteiger partial charge in [-0.05, 0) is 18.6 Å². The summed E-state index contributed by atoms with van der Waals surface area (Å²) in [6, 6.07) is 1.88. The number of nitrogen functional groups attached to an aromatic ring is 1. The first-order chi connectivity index (χ1) is 6.72. The minimum Gasteiger partial charge on any atom is -0.396 e. The van der Waals surface area contributed by atoms with Gasteiger partial charge in [0, 0.05) is 13.3 Å². The summed E-state index contributed by atoms with van der Waals surface area (Å²) in [4.78, 5) is 0. The van der Waals surface area contributed by atoms with E-state index in [2.05, 4.69) is 10.2 Å². The van der Waals surface area contributed by atoms with E-state index in [1.807, 2.05) is 23.6 Å². The maximum Gasteiger partial charge on any atom is 0.184 e. The monoisotopic (exact) mass is 192 g/mol. The van der Waals surface area contributed by atoms with Gasteiger partial charge in [-0.15, -0.1) is 10.2 Å². The van der Waals surface area contributed by atoms with E-state index in [0.29, 0.717) is 17.9 Å². The van der Waals surface area contributed by atoms with Crippen molar-refractivity contribution in [2.45, 2.75) is 13.5 Å². The maximum absolute atomic E-state index is 5.80. The second-order valence-electron chi connectivity index (χ2n) is 3.22. The van der Waals surface area contributed by atoms with Gasteiger partial charge in [-0.2, -0.15) is 0 Å². The Bertz CT molecular complexity index is 463. The molecule has 0 spiro atoms. The van der Waals surface area contributed by atoms with Crippen LogP contribution in [0.2, 0.25) is 0 Å². The Morgan fingerprint density at radius 3 is 3.00 bits per heavy atom. The van der Waals surface area contributed by atoms with Crippen molar-refractivity contribution < 1.29 is 4.74 Å². The fourth-order valence-corrected chi connectivity index (χ4v) is 1.43. The Morgan fingerprint density at radius 2 is 2.29 bits per heavy atom. The lowest BCUT2D eigenvalue weighted by molar-refractivity contribution is 0.177. The molecular weight excluding hydrogens is 180 g/mol. The first-order valence-corrected chi connectivity index (χ1v) is 4.31. The number of anilines is 1. The third-order valence-electron chi connectivity index (χ3n) is 2.01. The molecule has 2 heterocycles. The quantitative estimate of drug-likeness (QED) is 0.763. The number of aromatic nitrogens is 3. The zero-order valence-corrected chi connectivity index (χ0v) is 8.19. The Kier molecular flexibility index (Phi) is 2.09. The lowest BCUT2D eigenvalue weighted by Crippen LogP contribution is -1.99. The van der Waals surface area contributed by atoms with Crippen molar-refractivity contribution >= 4 is 11.3 Å². The highest BCUT2D eigenvalue weighted by atomic mass is 16.5. The van der Waals surface area contributed by atoms with Crippen LogP contribution in [-0.2, 0) is 11.3 Å². The van der Waals surface area contributed by atoms with Crippen LogP contribution in [-0.4, -0.2) is 21.7 Å². The topological polar surface area (TPSA) is 65.4 Å². The number of hydrogen-bond donors (Lipinski definition) is 1. The normalized spacial score (nSPS) is 11.0. The molecule has 0 saturated carbocycles. The lowest BCUT2D eigenvalue weighted by Gasteiger charge is -2.01. The number of fused-ring (bicyclic) bond motifs is 1. The molecule has 2 N–H and O–H groups in total. The minimum absolute atomic E-state index is 0.435. The molecular formula is C9H12N4O. The van der Waals surface area contributed by atoms with Crippen LogP contribution < -0.4 is 5.73 Å². The van der Waals surface area contributed by atoms with Crippen LogP contribution in [0.3, 0.4) is 0 Å². The number of nitrogens with two attached hydrogens (primary N) is 1. The van der Waals surface area contributed by atoms with Crippen LogP contribution in [0, 0.1) is 6.92 Å². The number of pyridine rings is 1. The molecule has 14 heavy (non-hydrogen) atoms. The fourth-order valence-electron chi connectivity index (χ4n) is 1.43. The summed E-state index contributed by atoms with van der Waals surface area (Å²) in [6.45, 7) is 2.41. The largest absolute Gasteiger partial charge is 0.396 e. The van der Waals surface area contributed by atoms with Gasteiger partial charge in [0.2, 0.25) is 0 Å². The molecule has 0 aliphatic heterocycles. The second kappa shape index (κ2) is 3.26. The smallest absolute Gasteiger partial charge is 0.184 e. The number of rotatable bonds is 2. The molecule has 0 saturated heterocycles. The predicted octanol–water partition coefficient (Wildman–Crippen LogP) is 0.766. The van der Waals surface area contributed by atoms with Crippen molar-refractivity contribution in [3.63, 3.8) is 0 Å². The number of aryl methyl sites for hydroxylation is 1. The third kappa shape index (κ3) is 1.31. The molecule has 0 aliphatic rings. The van der Waals surface area contributed by atoms with Crippen molar-refractivity contribution in [3.8, 4) is 0 Å². The molecule has 0 fully saturated rings. The summed E-state index contributed by atoms with van der Waals surface area (Å²) in [5, 5.41) is 7.98. The van der Waals surface area contributed by atoms with E-state index in [-0.39, 0.29) is 0 Å². The van der Waals surface area contributed by atoms with Gasteiger partial charge in [0.15, 0.2) is 11.5 Å². The molecule has 0 radical (unpaired) electrons. The summed E-state index contributed by atoms with van der Waals surface area (Å²) in [5.41, 5.74) is 8.20. The molecule has 74 valence electrons. The zero-order chi connectivity index (χ0) is 10.1. The van der Waals surface area contributed by atoms with Crippen LogP contribution in [0.15, 0.2) is 12.3 Å². The first-order valence-electron chi connectivity index (χ1n) is 4.31. The van der Waals surface area contributed by atoms with Gasteiger partial charge in [-0.1, -0.05) is 0 Å². The van der Waals surface area contributed by atoms with Gasteiger partial charge in [0.1, 0.15) is 6.61 Å². The second-order valence-corrected chi connectivity index (χ2v) is 3.22. The maximum atomic E-state index is 5.80. The van der Waals surface area contributed by atoms with Crippen LogP contribution in [0.4, 0.5) is 5.69 Å². The molecule has 0 unspecified atom stereocenters. The minimum atomic E-state index is 0.435. The van der Waals surface area contributed by atoms with Crippen molar-refractivity contribution in [1.29, 1.82) is 0 Å². The van der Waals surface area contributed by atoms with E-state index in [0.717, 1.165) is 11.4 Å². The van der Waals surface area contributed by atoms with Gasteiger partial charge in [-0.3, -0.25) is 4.40 Å². The third-order valence-corrected chi connectivity index (χ3v) is 2.01. The average Bonchev–Trinajstić information content (AvgIpc) is 2.49. The number of methoxy groups -OCH3 is 1. The summed E-state index contributed by atoms with van der Waals surface area (Å²) in [7, 11) is 1.63. The van der Waals surface area contributed by atoms with E-state index in [9.17, 15) is 0 Å². The molecule has 2 aromatic rings. The van der Waals surface area contributed by atoms with Gasteiger partial charge in [-0.25, -0.2) is 0 Å². The van der Waals surface area contributed by atoms with Gasteiger partial charge < -0.3 is 10.5 Å². The van der Waals surface area contributed by atoms with Crippen LogP contribution in [0.1, 0.15) is 11.4 Å². The molecule has 2 rings (SSSR count). The van der Waals surface area contributed by atoms with Crippen molar-refractivity contribution in [3.05, 3.63) is 23.7 Å². The van der Waals surface area contributed by atoms with Crippen molar-refractivity contribution in [2.24, 2.45) is 0 Å². The molecule has 2 aromatic heterocycles. The summed E-state index contributed by atoms with van der Waals surface area (Å²) in [6.07, 6.45) is 1.94. The average molecular weight is 192 g/mol. The van der Waals surface area contributed by atoms with Crippen molar-refractivity contribution in [2.75, 3.05) is 12.8 Å². The summed E-state index contributed by atoms with van der Waals surface area (Å²) >= 11 is 0. The highest BCUT2D eigenvalue weighted by molar-refractivity contribution is 5.64. The highest BCUT2D eigenvalue weighted by Gasteiger charge is 2.07. The van der Waals surface area contributed by atoms with Crippen molar-refractivity contribution in [1.82, 2.24) is 14.6 Å².